The molecule has 0 radical (unpaired) electrons. The quantitative estimate of drug-likeness (QED) is 0.556. The highest BCUT2D eigenvalue weighted by atomic mass is 16.5. The molecule has 0 amide bonds. The minimum atomic E-state index is 0.213. The first kappa shape index (κ1) is 10.9. The van der Waals surface area contributed by atoms with Gasteiger partial charge in [0.15, 0.2) is 0 Å². The zero-order valence-electron chi connectivity index (χ0n) is 7.72. The monoisotopic (exact) mass is 161 g/mol. The lowest BCUT2D eigenvalue weighted by Crippen LogP contribution is -2.16. The molecular formula is C8H19NO2. The maximum Gasteiger partial charge on any atom is 0.0776 e. The summed E-state index contributed by atoms with van der Waals surface area (Å²) in [6.45, 7) is 4.52. The maximum atomic E-state index is 5.32. The zero-order valence-corrected chi connectivity index (χ0v) is 7.72. The molecule has 0 spiro atoms. The van der Waals surface area contributed by atoms with Crippen molar-refractivity contribution in [1.29, 1.82) is 0 Å². The van der Waals surface area contributed by atoms with Crippen LogP contribution in [0.4, 0.5) is 0 Å². The van der Waals surface area contributed by atoms with Crippen molar-refractivity contribution in [1.82, 2.24) is 5.32 Å². The molecule has 0 saturated heterocycles. The van der Waals surface area contributed by atoms with E-state index in [1.54, 1.807) is 7.11 Å². The minimum Gasteiger partial charge on any atom is -0.379 e. The van der Waals surface area contributed by atoms with Gasteiger partial charge in [-0.2, -0.15) is 0 Å². The first-order chi connectivity index (χ1) is 5.31. The van der Waals surface area contributed by atoms with Gasteiger partial charge < -0.3 is 14.8 Å². The number of ether oxygens (including phenoxy) is 2. The summed E-state index contributed by atoms with van der Waals surface area (Å²) in [5.74, 6) is 0. The average molecular weight is 161 g/mol. The molecule has 0 saturated carbocycles. The second-order valence-electron chi connectivity index (χ2n) is 2.58. The van der Waals surface area contributed by atoms with E-state index in [1.807, 2.05) is 14.0 Å². The van der Waals surface area contributed by atoms with Crippen LogP contribution in [0.3, 0.4) is 0 Å². The van der Waals surface area contributed by atoms with Crippen molar-refractivity contribution in [2.45, 2.75) is 19.4 Å². The van der Waals surface area contributed by atoms with Crippen LogP contribution in [0.1, 0.15) is 13.3 Å². The Morgan fingerprint density at radius 2 is 2.18 bits per heavy atom. The number of methoxy groups -OCH3 is 1. The van der Waals surface area contributed by atoms with Crippen molar-refractivity contribution in [3.05, 3.63) is 0 Å². The third kappa shape index (κ3) is 7.78. The number of hydrogen-bond donors (Lipinski definition) is 1. The fourth-order valence-electron chi connectivity index (χ4n) is 0.668. The Balaban J connectivity index is 2.89. The van der Waals surface area contributed by atoms with E-state index in [0.717, 1.165) is 19.6 Å². The van der Waals surface area contributed by atoms with Crippen molar-refractivity contribution in [2.24, 2.45) is 0 Å². The van der Waals surface area contributed by atoms with E-state index >= 15 is 0 Å². The van der Waals surface area contributed by atoms with Crippen molar-refractivity contribution < 1.29 is 9.47 Å². The Morgan fingerprint density at radius 3 is 2.73 bits per heavy atom. The SMILES string of the molecule is CNCCCOCC(C)OC. The second kappa shape index (κ2) is 7.98. The smallest absolute Gasteiger partial charge is 0.0776 e. The standard InChI is InChI=1S/C8H19NO2/c1-8(10-3)7-11-6-4-5-9-2/h8-9H,4-7H2,1-3H3. The van der Waals surface area contributed by atoms with Crippen LogP contribution < -0.4 is 5.32 Å². The van der Waals surface area contributed by atoms with Gasteiger partial charge in [0.2, 0.25) is 0 Å². The van der Waals surface area contributed by atoms with Gasteiger partial charge in [0.1, 0.15) is 0 Å². The van der Waals surface area contributed by atoms with Crippen LogP contribution in [0.2, 0.25) is 0 Å². The van der Waals surface area contributed by atoms with Crippen molar-refractivity contribution in [3.8, 4) is 0 Å². The van der Waals surface area contributed by atoms with Gasteiger partial charge in [-0.15, -0.1) is 0 Å². The summed E-state index contributed by atoms with van der Waals surface area (Å²) in [4.78, 5) is 0. The van der Waals surface area contributed by atoms with Crippen LogP contribution in [-0.2, 0) is 9.47 Å². The molecule has 0 aromatic rings. The molecule has 0 heterocycles. The normalized spacial score (nSPS) is 13.4. The van der Waals surface area contributed by atoms with E-state index in [9.17, 15) is 0 Å². The van der Waals surface area contributed by atoms with E-state index in [4.69, 9.17) is 9.47 Å². The van der Waals surface area contributed by atoms with E-state index in [-0.39, 0.29) is 6.10 Å². The van der Waals surface area contributed by atoms with Crippen molar-refractivity contribution >= 4 is 0 Å². The summed E-state index contributed by atoms with van der Waals surface area (Å²) in [6.07, 6.45) is 1.28. The number of rotatable bonds is 7. The molecule has 0 fully saturated rings. The van der Waals surface area contributed by atoms with Gasteiger partial charge in [-0.1, -0.05) is 0 Å². The van der Waals surface area contributed by atoms with Crippen LogP contribution >= 0.6 is 0 Å². The Kier molecular flexibility index (Phi) is 7.89. The highest BCUT2D eigenvalue weighted by Gasteiger charge is 1.97. The molecule has 0 bridgehead atoms. The van der Waals surface area contributed by atoms with Crippen molar-refractivity contribution in [2.75, 3.05) is 33.9 Å². The van der Waals surface area contributed by atoms with Crippen molar-refractivity contribution in [3.63, 3.8) is 0 Å². The molecule has 0 aliphatic carbocycles. The Hall–Kier alpha value is -0.120. The predicted octanol–water partition coefficient (Wildman–Crippen LogP) is 0.647. The summed E-state index contributed by atoms with van der Waals surface area (Å²) >= 11 is 0. The summed E-state index contributed by atoms with van der Waals surface area (Å²) in [7, 11) is 3.64. The molecule has 0 aromatic heterocycles. The minimum absolute atomic E-state index is 0.213. The topological polar surface area (TPSA) is 30.5 Å². The lowest BCUT2D eigenvalue weighted by Gasteiger charge is -2.09. The van der Waals surface area contributed by atoms with E-state index < -0.39 is 0 Å². The van der Waals surface area contributed by atoms with E-state index in [1.165, 1.54) is 0 Å². The lowest BCUT2D eigenvalue weighted by atomic mass is 10.4. The highest BCUT2D eigenvalue weighted by Crippen LogP contribution is 1.89. The molecule has 1 N–H and O–H groups in total. The summed E-state index contributed by atoms with van der Waals surface area (Å²) in [5, 5.41) is 3.06. The van der Waals surface area contributed by atoms with Gasteiger partial charge in [-0.25, -0.2) is 0 Å². The molecule has 11 heavy (non-hydrogen) atoms. The molecule has 68 valence electrons. The summed E-state index contributed by atoms with van der Waals surface area (Å²) in [5.41, 5.74) is 0. The van der Waals surface area contributed by atoms with Crippen LogP contribution in [0.15, 0.2) is 0 Å². The van der Waals surface area contributed by atoms with Crippen LogP contribution in [-0.4, -0.2) is 40.0 Å². The van der Waals surface area contributed by atoms with Gasteiger partial charge in [-0.3, -0.25) is 0 Å². The predicted molar refractivity (Wildman–Crippen MR) is 45.8 cm³/mol. The third-order valence-electron chi connectivity index (χ3n) is 1.47. The van der Waals surface area contributed by atoms with Crippen LogP contribution in [0.5, 0.6) is 0 Å². The zero-order chi connectivity index (χ0) is 8.53. The Bertz CT molecular complexity index is 78.5. The number of nitrogens with one attached hydrogen (secondary N) is 1. The van der Waals surface area contributed by atoms with Crippen LogP contribution in [0, 0.1) is 0 Å². The molecule has 3 heteroatoms. The first-order valence-corrected chi connectivity index (χ1v) is 4.06. The molecule has 0 aliphatic rings. The average Bonchev–Trinajstić information content (AvgIpc) is 2.04. The summed E-state index contributed by atoms with van der Waals surface area (Å²) in [6, 6.07) is 0. The third-order valence-corrected chi connectivity index (χ3v) is 1.47. The van der Waals surface area contributed by atoms with Gasteiger partial charge in [0.05, 0.1) is 12.7 Å². The molecular weight excluding hydrogens is 142 g/mol. The molecule has 0 rings (SSSR count). The molecule has 0 aromatic carbocycles. The largest absolute Gasteiger partial charge is 0.379 e. The maximum absolute atomic E-state index is 5.32. The van der Waals surface area contributed by atoms with E-state index in [0.29, 0.717) is 6.61 Å². The van der Waals surface area contributed by atoms with Crippen LogP contribution in [0.25, 0.3) is 0 Å². The fraction of sp³-hybridized carbons (Fsp3) is 1.00. The second-order valence-corrected chi connectivity index (χ2v) is 2.58. The van der Waals surface area contributed by atoms with Gasteiger partial charge in [0, 0.05) is 13.7 Å². The first-order valence-electron chi connectivity index (χ1n) is 4.06. The van der Waals surface area contributed by atoms with Gasteiger partial charge >= 0.3 is 0 Å². The summed E-state index contributed by atoms with van der Waals surface area (Å²) < 4.78 is 10.3. The molecule has 3 nitrogen and oxygen atoms in total. The molecule has 1 atom stereocenters. The highest BCUT2D eigenvalue weighted by molar-refractivity contribution is 4.45. The number of hydrogen-bond acceptors (Lipinski definition) is 3. The molecule has 0 aliphatic heterocycles. The lowest BCUT2D eigenvalue weighted by molar-refractivity contribution is 0.0180. The van der Waals surface area contributed by atoms with E-state index in [2.05, 4.69) is 5.32 Å². The van der Waals surface area contributed by atoms with Gasteiger partial charge in [0.25, 0.3) is 0 Å². The Morgan fingerprint density at radius 1 is 1.45 bits per heavy atom. The van der Waals surface area contributed by atoms with Gasteiger partial charge in [-0.05, 0) is 26.9 Å². The Labute approximate surface area is 69.1 Å². The fourth-order valence-corrected chi connectivity index (χ4v) is 0.668. The molecule has 1 unspecified atom stereocenters.